The van der Waals surface area contributed by atoms with Crippen molar-refractivity contribution >= 4 is 11.7 Å². The van der Waals surface area contributed by atoms with E-state index in [0.717, 1.165) is 0 Å². The molecule has 6 nitrogen and oxygen atoms in total. The smallest absolute Gasteiger partial charge is 0.344 e. The molecule has 0 amide bonds. The molecule has 1 aromatic carbocycles. The highest BCUT2D eigenvalue weighted by Crippen LogP contribution is 2.25. The van der Waals surface area contributed by atoms with Gasteiger partial charge in [-0.25, -0.2) is 4.79 Å². The molecule has 0 saturated carbocycles. The molecule has 0 unspecified atom stereocenters. The predicted molar refractivity (Wildman–Crippen MR) is 67.7 cm³/mol. The molecule has 2 rings (SSSR count). The summed E-state index contributed by atoms with van der Waals surface area (Å²) in [6.07, 6.45) is 1.61. The summed E-state index contributed by atoms with van der Waals surface area (Å²) in [5.74, 6) is -0.746. The fourth-order valence-electron chi connectivity index (χ4n) is 1.66. The first-order valence-corrected chi connectivity index (χ1v) is 5.41. The van der Waals surface area contributed by atoms with Crippen molar-refractivity contribution < 1.29 is 14.5 Å². The first-order chi connectivity index (χ1) is 9.13. The summed E-state index contributed by atoms with van der Waals surface area (Å²) in [6.45, 7) is 0. The molecule has 96 valence electrons. The molecule has 6 heteroatoms. The van der Waals surface area contributed by atoms with E-state index in [4.69, 9.17) is 0 Å². The van der Waals surface area contributed by atoms with Gasteiger partial charge in [-0.3, -0.25) is 15.1 Å². The highest BCUT2D eigenvalue weighted by atomic mass is 16.6. The first-order valence-electron chi connectivity index (χ1n) is 5.41. The van der Waals surface area contributed by atoms with Crippen LogP contribution in [0.25, 0.3) is 11.3 Å². The Labute approximate surface area is 108 Å². The summed E-state index contributed by atoms with van der Waals surface area (Å²) in [5, 5.41) is 10.9. The van der Waals surface area contributed by atoms with Crippen molar-refractivity contribution in [2.45, 2.75) is 0 Å². The monoisotopic (exact) mass is 258 g/mol. The van der Waals surface area contributed by atoms with Crippen LogP contribution in [0.3, 0.4) is 0 Å². The lowest BCUT2D eigenvalue weighted by atomic mass is 10.1. The molecular weight excluding hydrogens is 248 g/mol. The van der Waals surface area contributed by atoms with Crippen molar-refractivity contribution in [3.8, 4) is 11.3 Å². The second-order valence-electron chi connectivity index (χ2n) is 3.70. The van der Waals surface area contributed by atoms with Crippen molar-refractivity contribution in [3.05, 3.63) is 58.3 Å². The number of ether oxygens (including phenoxy) is 1. The summed E-state index contributed by atoms with van der Waals surface area (Å²) in [5.41, 5.74) is 0.872. The zero-order valence-corrected chi connectivity index (χ0v) is 10.1. The number of carbonyl (C=O) groups is 1. The zero-order valence-electron chi connectivity index (χ0n) is 10.1. The molecule has 0 radical (unpaired) electrons. The molecule has 0 aliphatic rings. The molecule has 0 atom stereocenters. The molecule has 0 fully saturated rings. The molecule has 1 aromatic heterocycles. The van der Waals surface area contributed by atoms with E-state index in [-0.39, 0.29) is 11.3 Å². The summed E-state index contributed by atoms with van der Waals surface area (Å²) in [7, 11) is 1.18. The largest absolute Gasteiger partial charge is 0.465 e. The van der Waals surface area contributed by atoms with E-state index in [1.54, 1.807) is 30.5 Å². The van der Waals surface area contributed by atoms with Gasteiger partial charge >= 0.3 is 5.97 Å². The van der Waals surface area contributed by atoms with Crippen LogP contribution in [0.15, 0.2) is 42.6 Å². The number of carbonyl (C=O) groups excluding carboxylic acids is 1. The van der Waals surface area contributed by atoms with Crippen LogP contribution in [0, 0.1) is 10.1 Å². The third-order valence-electron chi connectivity index (χ3n) is 2.56. The standard InChI is InChI=1S/C13H10N2O4/c1-19-13(16)10-8-9(5-6-12(10)15(17)18)11-4-2-3-7-14-11/h2-8H,1H3. The summed E-state index contributed by atoms with van der Waals surface area (Å²) in [6, 6.07) is 9.54. The van der Waals surface area contributed by atoms with Crippen molar-refractivity contribution in [1.82, 2.24) is 4.98 Å². The van der Waals surface area contributed by atoms with Gasteiger partial charge in [0.1, 0.15) is 5.56 Å². The van der Waals surface area contributed by atoms with Gasteiger partial charge in [0.05, 0.1) is 17.7 Å². The third-order valence-corrected chi connectivity index (χ3v) is 2.56. The number of esters is 1. The number of rotatable bonds is 3. The maximum Gasteiger partial charge on any atom is 0.344 e. The Morgan fingerprint density at radius 2 is 2.11 bits per heavy atom. The number of hydrogen-bond acceptors (Lipinski definition) is 5. The minimum atomic E-state index is -0.746. The van der Waals surface area contributed by atoms with Gasteiger partial charge in [-0.2, -0.15) is 0 Å². The number of pyridine rings is 1. The molecule has 0 bridgehead atoms. The fraction of sp³-hybridized carbons (Fsp3) is 0.0769. The van der Waals surface area contributed by atoms with Gasteiger partial charge < -0.3 is 4.74 Å². The number of nitro benzene ring substituents is 1. The Morgan fingerprint density at radius 1 is 1.32 bits per heavy atom. The van der Waals surface area contributed by atoms with Crippen LogP contribution in [0.2, 0.25) is 0 Å². The van der Waals surface area contributed by atoms with Gasteiger partial charge in [0.15, 0.2) is 0 Å². The average molecular weight is 258 g/mol. The molecule has 0 saturated heterocycles. The number of methoxy groups -OCH3 is 1. The second kappa shape index (κ2) is 5.26. The van der Waals surface area contributed by atoms with Crippen molar-refractivity contribution in [2.75, 3.05) is 7.11 Å². The van der Waals surface area contributed by atoms with Crippen molar-refractivity contribution in [2.24, 2.45) is 0 Å². The van der Waals surface area contributed by atoms with Crippen LogP contribution in [0.5, 0.6) is 0 Å². The SMILES string of the molecule is COC(=O)c1cc(-c2ccccn2)ccc1[N+](=O)[O-]. The van der Waals surface area contributed by atoms with E-state index >= 15 is 0 Å². The van der Waals surface area contributed by atoms with E-state index in [1.807, 2.05) is 0 Å². The van der Waals surface area contributed by atoms with Gasteiger partial charge in [0.25, 0.3) is 5.69 Å². The van der Waals surface area contributed by atoms with E-state index in [2.05, 4.69) is 9.72 Å². The van der Waals surface area contributed by atoms with Crippen LogP contribution in [0.1, 0.15) is 10.4 Å². The quantitative estimate of drug-likeness (QED) is 0.479. The van der Waals surface area contributed by atoms with Gasteiger partial charge in [-0.05, 0) is 24.3 Å². The van der Waals surface area contributed by atoms with Gasteiger partial charge in [0, 0.05) is 17.8 Å². The predicted octanol–water partition coefficient (Wildman–Crippen LogP) is 2.44. The Bertz CT molecular complexity index is 626. The average Bonchev–Trinajstić information content (AvgIpc) is 2.46. The van der Waals surface area contributed by atoms with Gasteiger partial charge in [-0.15, -0.1) is 0 Å². The number of nitro groups is 1. The Balaban J connectivity index is 2.56. The molecule has 1 heterocycles. The lowest BCUT2D eigenvalue weighted by molar-refractivity contribution is -0.385. The highest BCUT2D eigenvalue weighted by molar-refractivity contribution is 5.95. The number of aromatic nitrogens is 1. The molecule has 0 aliphatic heterocycles. The lowest BCUT2D eigenvalue weighted by Crippen LogP contribution is -2.06. The molecule has 0 aliphatic carbocycles. The molecule has 19 heavy (non-hydrogen) atoms. The normalized spacial score (nSPS) is 9.95. The van der Waals surface area contributed by atoms with E-state index in [9.17, 15) is 14.9 Å². The van der Waals surface area contributed by atoms with Crippen molar-refractivity contribution in [3.63, 3.8) is 0 Å². The maximum atomic E-state index is 11.6. The second-order valence-corrected chi connectivity index (χ2v) is 3.70. The third kappa shape index (κ3) is 2.57. The van der Waals surface area contributed by atoms with Crippen LogP contribution >= 0.6 is 0 Å². The Morgan fingerprint density at radius 3 is 2.68 bits per heavy atom. The van der Waals surface area contributed by atoms with Crippen LogP contribution in [-0.2, 0) is 4.74 Å². The minimum absolute atomic E-state index is 0.0874. The topological polar surface area (TPSA) is 82.3 Å². The maximum absolute atomic E-state index is 11.6. The Hall–Kier alpha value is -2.76. The molecule has 0 spiro atoms. The van der Waals surface area contributed by atoms with E-state index in [0.29, 0.717) is 11.3 Å². The van der Waals surface area contributed by atoms with E-state index in [1.165, 1.54) is 19.2 Å². The van der Waals surface area contributed by atoms with E-state index < -0.39 is 10.9 Å². The molecule has 0 N–H and O–H groups in total. The van der Waals surface area contributed by atoms with Gasteiger partial charge in [0.2, 0.25) is 0 Å². The first kappa shape index (κ1) is 12.7. The number of nitrogens with zero attached hydrogens (tertiary/aromatic N) is 2. The van der Waals surface area contributed by atoms with Gasteiger partial charge in [-0.1, -0.05) is 6.07 Å². The molecular formula is C13H10N2O4. The zero-order chi connectivity index (χ0) is 13.8. The van der Waals surface area contributed by atoms with Crippen LogP contribution < -0.4 is 0 Å². The number of hydrogen-bond donors (Lipinski definition) is 0. The highest BCUT2D eigenvalue weighted by Gasteiger charge is 2.21. The Kier molecular flexibility index (Phi) is 3.51. The lowest BCUT2D eigenvalue weighted by Gasteiger charge is -2.04. The minimum Gasteiger partial charge on any atom is -0.465 e. The summed E-state index contributed by atoms with van der Waals surface area (Å²) < 4.78 is 4.55. The number of benzene rings is 1. The van der Waals surface area contributed by atoms with Crippen molar-refractivity contribution in [1.29, 1.82) is 0 Å². The van der Waals surface area contributed by atoms with Crippen LogP contribution in [-0.4, -0.2) is 23.0 Å². The summed E-state index contributed by atoms with van der Waals surface area (Å²) in [4.78, 5) is 26.0. The molecule has 2 aromatic rings. The summed E-state index contributed by atoms with van der Waals surface area (Å²) >= 11 is 0. The van der Waals surface area contributed by atoms with Crippen LogP contribution in [0.4, 0.5) is 5.69 Å². The fourth-order valence-corrected chi connectivity index (χ4v) is 1.66.